The van der Waals surface area contributed by atoms with Gasteiger partial charge >= 0.3 is 0 Å². The average molecular weight is 200 g/mol. The highest BCUT2D eigenvalue weighted by Crippen LogP contribution is 2.21. The molecule has 0 spiro atoms. The molecule has 0 aliphatic rings. The molecule has 0 atom stereocenters. The molecule has 0 saturated carbocycles. The molecule has 2 aromatic rings. The summed E-state index contributed by atoms with van der Waals surface area (Å²) in [7, 11) is 0. The molecule has 74 valence electrons. The SMILES string of the molecule is Cc1cc(-c2ccc(N=C=O)cc2)no1. The Bertz CT molecular complexity index is 508. The van der Waals surface area contributed by atoms with Crippen molar-refractivity contribution in [3.05, 3.63) is 36.1 Å². The zero-order chi connectivity index (χ0) is 10.7. The molecule has 0 saturated heterocycles. The summed E-state index contributed by atoms with van der Waals surface area (Å²) in [5, 5.41) is 3.88. The van der Waals surface area contributed by atoms with Crippen LogP contribution in [-0.4, -0.2) is 11.2 Å². The van der Waals surface area contributed by atoms with Crippen molar-refractivity contribution < 1.29 is 9.32 Å². The lowest BCUT2D eigenvalue weighted by atomic mass is 10.1. The molecular formula is C11H8N2O2. The molecule has 0 unspecified atom stereocenters. The fourth-order valence-corrected chi connectivity index (χ4v) is 1.26. The van der Waals surface area contributed by atoms with Gasteiger partial charge in [0.25, 0.3) is 0 Å². The van der Waals surface area contributed by atoms with Crippen LogP contribution in [0.1, 0.15) is 5.76 Å². The smallest absolute Gasteiger partial charge is 0.240 e. The van der Waals surface area contributed by atoms with Gasteiger partial charge in [0.15, 0.2) is 0 Å². The normalized spacial score (nSPS) is 9.67. The van der Waals surface area contributed by atoms with E-state index in [1.807, 2.05) is 25.1 Å². The Morgan fingerprint density at radius 2 is 2.07 bits per heavy atom. The summed E-state index contributed by atoms with van der Waals surface area (Å²) < 4.78 is 4.96. The van der Waals surface area contributed by atoms with Crippen molar-refractivity contribution in [1.29, 1.82) is 0 Å². The van der Waals surface area contributed by atoms with Crippen molar-refractivity contribution >= 4 is 11.8 Å². The van der Waals surface area contributed by atoms with E-state index in [0.29, 0.717) is 5.69 Å². The summed E-state index contributed by atoms with van der Waals surface area (Å²) in [4.78, 5) is 13.5. The van der Waals surface area contributed by atoms with Crippen LogP contribution in [0, 0.1) is 6.92 Å². The second kappa shape index (κ2) is 3.90. The van der Waals surface area contributed by atoms with E-state index in [4.69, 9.17) is 4.52 Å². The van der Waals surface area contributed by atoms with Crippen molar-refractivity contribution in [3.8, 4) is 11.3 Å². The number of rotatable bonds is 2. The van der Waals surface area contributed by atoms with E-state index < -0.39 is 0 Å². The van der Waals surface area contributed by atoms with Crippen LogP contribution in [0.25, 0.3) is 11.3 Å². The third-order valence-corrected chi connectivity index (χ3v) is 1.97. The predicted molar refractivity (Wildman–Crippen MR) is 54.5 cm³/mol. The van der Waals surface area contributed by atoms with Gasteiger partial charge in [0.1, 0.15) is 11.5 Å². The van der Waals surface area contributed by atoms with Crippen LogP contribution in [0.15, 0.2) is 39.8 Å². The van der Waals surface area contributed by atoms with Gasteiger partial charge < -0.3 is 4.52 Å². The first-order valence-corrected chi connectivity index (χ1v) is 4.41. The van der Waals surface area contributed by atoms with Crippen LogP contribution < -0.4 is 0 Å². The molecule has 0 aliphatic heterocycles. The molecule has 4 nitrogen and oxygen atoms in total. The van der Waals surface area contributed by atoms with Crippen LogP contribution >= 0.6 is 0 Å². The number of hydrogen-bond acceptors (Lipinski definition) is 4. The van der Waals surface area contributed by atoms with Crippen molar-refractivity contribution in [2.75, 3.05) is 0 Å². The first kappa shape index (κ1) is 9.37. The van der Waals surface area contributed by atoms with E-state index in [0.717, 1.165) is 17.0 Å². The molecule has 0 aliphatic carbocycles. The molecule has 0 amide bonds. The topological polar surface area (TPSA) is 55.5 Å². The minimum absolute atomic E-state index is 0.578. The number of aryl methyl sites for hydroxylation is 1. The number of benzene rings is 1. The summed E-state index contributed by atoms with van der Waals surface area (Å²) in [6.45, 7) is 1.83. The maximum atomic E-state index is 10.0. The minimum Gasteiger partial charge on any atom is -0.361 e. The van der Waals surface area contributed by atoms with Gasteiger partial charge in [0.2, 0.25) is 6.08 Å². The Morgan fingerprint density at radius 3 is 2.60 bits per heavy atom. The van der Waals surface area contributed by atoms with Gasteiger partial charge in [-0.25, -0.2) is 4.79 Å². The van der Waals surface area contributed by atoms with Crippen LogP contribution in [0.4, 0.5) is 5.69 Å². The van der Waals surface area contributed by atoms with E-state index >= 15 is 0 Å². The second-order valence-electron chi connectivity index (χ2n) is 3.07. The second-order valence-corrected chi connectivity index (χ2v) is 3.07. The lowest BCUT2D eigenvalue weighted by molar-refractivity contribution is 0.399. The quantitative estimate of drug-likeness (QED) is 0.553. The van der Waals surface area contributed by atoms with Crippen LogP contribution in [0.2, 0.25) is 0 Å². The molecule has 0 bridgehead atoms. The summed E-state index contributed by atoms with van der Waals surface area (Å²) in [6, 6.07) is 8.95. The Hall–Kier alpha value is -2.19. The lowest BCUT2D eigenvalue weighted by Crippen LogP contribution is -1.75. The number of aromatic nitrogens is 1. The van der Waals surface area contributed by atoms with Crippen molar-refractivity contribution in [2.45, 2.75) is 6.92 Å². The molecule has 1 aromatic carbocycles. The van der Waals surface area contributed by atoms with Crippen molar-refractivity contribution in [3.63, 3.8) is 0 Å². The van der Waals surface area contributed by atoms with E-state index in [1.54, 1.807) is 12.1 Å². The number of aliphatic imine (C=N–C) groups is 1. The Labute approximate surface area is 86.2 Å². The van der Waals surface area contributed by atoms with Gasteiger partial charge in [-0.3, -0.25) is 0 Å². The van der Waals surface area contributed by atoms with Crippen molar-refractivity contribution in [2.24, 2.45) is 4.99 Å². The Morgan fingerprint density at radius 1 is 1.33 bits per heavy atom. The Kier molecular flexibility index (Phi) is 2.44. The zero-order valence-corrected chi connectivity index (χ0v) is 8.10. The van der Waals surface area contributed by atoms with E-state index in [-0.39, 0.29) is 0 Å². The first-order valence-electron chi connectivity index (χ1n) is 4.41. The average Bonchev–Trinajstić information content (AvgIpc) is 2.67. The fraction of sp³-hybridized carbons (Fsp3) is 0.0909. The van der Waals surface area contributed by atoms with Gasteiger partial charge in [0, 0.05) is 11.6 Å². The van der Waals surface area contributed by atoms with Gasteiger partial charge in [-0.05, 0) is 19.1 Å². The number of carbonyl (C=O) groups excluding carboxylic acids is 1. The third kappa shape index (κ3) is 2.00. The highest BCUT2D eigenvalue weighted by molar-refractivity contribution is 5.62. The number of hydrogen-bond donors (Lipinski definition) is 0. The Balaban J connectivity index is 2.35. The van der Waals surface area contributed by atoms with Gasteiger partial charge in [0.05, 0.1) is 5.69 Å². The summed E-state index contributed by atoms with van der Waals surface area (Å²) >= 11 is 0. The third-order valence-electron chi connectivity index (χ3n) is 1.97. The highest BCUT2D eigenvalue weighted by atomic mass is 16.5. The molecular weight excluding hydrogens is 192 g/mol. The number of nitrogens with zero attached hydrogens (tertiary/aromatic N) is 2. The summed E-state index contributed by atoms with van der Waals surface area (Å²) in [5.74, 6) is 0.764. The van der Waals surface area contributed by atoms with Gasteiger partial charge in [-0.15, -0.1) is 0 Å². The zero-order valence-electron chi connectivity index (χ0n) is 8.10. The molecule has 4 heteroatoms. The fourth-order valence-electron chi connectivity index (χ4n) is 1.26. The van der Waals surface area contributed by atoms with E-state index in [1.165, 1.54) is 6.08 Å². The maximum Gasteiger partial charge on any atom is 0.240 e. The van der Waals surface area contributed by atoms with E-state index in [9.17, 15) is 4.79 Å². The summed E-state index contributed by atoms with van der Waals surface area (Å²) in [6.07, 6.45) is 1.49. The molecule has 1 aromatic heterocycles. The molecule has 15 heavy (non-hydrogen) atoms. The first-order chi connectivity index (χ1) is 7.29. The monoisotopic (exact) mass is 200 g/mol. The molecule has 0 N–H and O–H groups in total. The minimum atomic E-state index is 0.578. The van der Waals surface area contributed by atoms with Crippen LogP contribution in [0.5, 0.6) is 0 Å². The molecule has 2 rings (SSSR count). The summed E-state index contributed by atoms with van der Waals surface area (Å²) in [5.41, 5.74) is 2.28. The molecule has 0 fully saturated rings. The van der Waals surface area contributed by atoms with Crippen LogP contribution in [0.3, 0.4) is 0 Å². The highest BCUT2D eigenvalue weighted by Gasteiger charge is 2.02. The van der Waals surface area contributed by atoms with Gasteiger partial charge in [-0.2, -0.15) is 4.99 Å². The maximum absolute atomic E-state index is 10.0. The van der Waals surface area contributed by atoms with Crippen LogP contribution in [-0.2, 0) is 4.79 Å². The lowest BCUT2D eigenvalue weighted by Gasteiger charge is -1.94. The van der Waals surface area contributed by atoms with Crippen molar-refractivity contribution in [1.82, 2.24) is 5.16 Å². The standard InChI is InChI=1S/C11H8N2O2/c1-8-6-11(13-15-8)9-2-4-10(5-3-9)12-7-14/h2-6H,1H3. The van der Waals surface area contributed by atoms with E-state index in [2.05, 4.69) is 10.1 Å². The van der Waals surface area contributed by atoms with Gasteiger partial charge in [-0.1, -0.05) is 17.3 Å². The largest absolute Gasteiger partial charge is 0.361 e. The molecule has 0 radical (unpaired) electrons. The molecule has 1 heterocycles. The predicted octanol–water partition coefficient (Wildman–Crippen LogP) is 2.62. The number of isocyanates is 1.